The number of nitrogens with two attached hydrogens (primary N) is 1. The first-order valence-corrected chi connectivity index (χ1v) is 7.30. The lowest BCUT2D eigenvalue weighted by atomic mass is 10.3. The number of phenols is 1. The number of hydrogen-bond acceptors (Lipinski definition) is 5. The molecule has 17 heavy (non-hydrogen) atoms. The fourth-order valence-corrected chi connectivity index (χ4v) is 2.61. The lowest BCUT2D eigenvalue weighted by Crippen LogP contribution is -2.34. The average Bonchev–Trinajstić information content (AvgIpc) is 2.25. The first-order chi connectivity index (χ1) is 7.95. The number of phenolic OH excluding ortho intramolecular Hbond substituents is 1. The largest absolute Gasteiger partial charge is 0.508 e. The zero-order valence-electron chi connectivity index (χ0n) is 9.31. The van der Waals surface area contributed by atoms with Gasteiger partial charge in [-0.05, 0) is 18.4 Å². The number of carbonyl (C=O) groups is 1. The van der Waals surface area contributed by atoms with Crippen LogP contribution in [0, 0.1) is 0 Å². The third kappa shape index (κ3) is 3.53. The van der Waals surface area contributed by atoms with Gasteiger partial charge in [0, 0.05) is 11.2 Å². The molecule has 0 unspecified atom stereocenters. The molecule has 8 heteroatoms. The summed E-state index contributed by atoms with van der Waals surface area (Å²) < 4.78 is 11.5. The first-order valence-electron chi connectivity index (χ1n) is 4.51. The van der Waals surface area contributed by atoms with E-state index in [0.717, 1.165) is 0 Å². The molecule has 0 saturated carbocycles. The van der Waals surface area contributed by atoms with Gasteiger partial charge in [-0.2, -0.15) is 0 Å². The normalized spacial score (nSPS) is 11.9. The molecule has 0 heterocycles. The molecule has 1 atom stereocenters. The number of carbonyl (C=O) groups excluding carboxylic acids is 1. The summed E-state index contributed by atoms with van der Waals surface area (Å²) >= 11 is 1.34. The molecular weight excluding hydrogens is 262 g/mol. The zero-order chi connectivity index (χ0) is 13.0. The van der Waals surface area contributed by atoms with Gasteiger partial charge in [0.1, 0.15) is 5.75 Å². The molecule has 1 aromatic carbocycles. The van der Waals surface area contributed by atoms with Crippen LogP contribution in [0.15, 0.2) is 21.9 Å². The number of urea groups is 1. The van der Waals surface area contributed by atoms with Crippen molar-refractivity contribution in [2.45, 2.75) is 9.79 Å². The molecule has 0 fully saturated rings. The molecule has 1 aromatic rings. The molecule has 0 spiro atoms. The summed E-state index contributed by atoms with van der Waals surface area (Å²) in [5, 5.41) is 9.49. The monoisotopic (exact) mass is 275 g/mol. The summed E-state index contributed by atoms with van der Waals surface area (Å²) in [6, 6.07) is 2.13. The van der Waals surface area contributed by atoms with Crippen molar-refractivity contribution in [3.63, 3.8) is 0 Å². The van der Waals surface area contributed by atoms with Crippen molar-refractivity contribution in [2.24, 2.45) is 5.73 Å². The standard InChI is InChI=1S/C9H13N3O3S2/c1-16-6-3-5(13)4-7(17(2)15)8(6)11-12-9(10)14/h3-4,11,13H,1-2H3,(H3,10,12,14)/t17-/m1/s1. The summed E-state index contributed by atoms with van der Waals surface area (Å²) in [7, 11) is -1.31. The Morgan fingerprint density at radius 2 is 2.18 bits per heavy atom. The van der Waals surface area contributed by atoms with Gasteiger partial charge in [0.15, 0.2) is 0 Å². The van der Waals surface area contributed by atoms with Gasteiger partial charge >= 0.3 is 6.03 Å². The number of primary amides is 1. The number of rotatable bonds is 4. The number of nitrogens with one attached hydrogen (secondary N) is 2. The molecule has 1 rings (SSSR count). The van der Waals surface area contributed by atoms with Crippen LogP contribution >= 0.6 is 11.8 Å². The number of benzene rings is 1. The van der Waals surface area contributed by atoms with Crippen LogP contribution in [0.3, 0.4) is 0 Å². The van der Waals surface area contributed by atoms with Crippen molar-refractivity contribution in [3.8, 4) is 5.75 Å². The third-order valence-corrected chi connectivity index (χ3v) is 3.59. The Kier molecular flexibility index (Phi) is 4.64. The Morgan fingerprint density at radius 3 is 2.65 bits per heavy atom. The fourth-order valence-electron chi connectivity index (χ4n) is 1.21. The van der Waals surface area contributed by atoms with Crippen LogP contribution < -0.4 is 16.6 Å². The minimum Gasteiger partial charge on any atom is -0.508 e. The van der Waals surface area contributed by atoms with Crippen molar-refractivity contribution in [1.82, 2.24) is 5.43 Å². The highest BCUT2D eigenvalue weighted by Crippen LogP contribution is 2.34. The van der Waals surface area contributed by atoms with Crippen LogP contribution in [0.2, 0.25) is 0 Å². The second-order valence-corrected chi connectivity index (χ2v) is 5.29. The number of thioether (sulfide) groups is 1. The van der Waals surface area contributed by atoms with Crippen LogP contribution in [0.1, 0.15) is 0 Å². The summed E-state index contributed by atoms with van der Waals surface area (Å²) in [5.41, 5.74) is 10.2. The third-order valence-electron chi connectivity index (χ3n) is 1.89. The molecule has 0 bridgehead atoms. The quantitative estimate of drug-likeness (QED) is 0.370. The highest BCUT2D eigenvalue weighted by molar-refractivity contribution is 7.98. The minimum absolute atomic E-state index is 0.0178. The number of aromatic hydroxyl groups is 1. The summed E-state index contributed by atoms with van der Waals surface area (Å²) in [6.07, 6.45) is 3.28. The molecule has 0 radical (unpaired) electrons. The van der Waals surface area contributed by atoms with Crippen molar-refractivity contribution < 1.29 is 14.1 Å². The molecule has 2 amide bonds. The number of amides is 2. The summed E-state index contributed by atoms with van der Waals surface area (Å²) in [6.45, 7) is 0. The molecule has 5 N–H and O–H groups in total. The molecule has 0 aliphatic heterocycles. The molecular formula is C9H13N3O3S2. The maximum Gasteiger partial charge on any atom is 0.330 e. The second-order valence-electron chi connectivity index (χ2n) is 3.09. The van der Waals surface area contributed by atoms with Gasteiger partial charge < -0.3 is 10.8 Å². The highest BCUT2D eigenvalue weighted by Gasteiger charge is 2.13. The Bertz CT molecular complexity index is 465. The number of anilines is 1. The van der Waals surface area contributed by atoms with E-state index in [2.05, 4.69) is 10.9 Å². The molecule has 94 valence electrons. The predicted molar refractivity (Wildman–Crippen MR) is 68.6 cm³/mol. The van der Waals surface area contributed by atoms with Gasteiger partial charge in [-0.3, -0.25) is 15.1 Å². The first kappa shape index (κ1) is 13.7. The highest BCUT2D eigenvalue weighted by atomic mass is 32.2. The van der Waals surface area contributed by atoms with Crippen LogP contribution in [-0.4, -0.2) is 27.9 Å². The molecule has 0 saturated heterocycles. The molecule has 0 aliphatic carbocycles. The predicted octanol–water partition coefficient (Wildman–Crippen LogP) is 0.847. The topological polar surface area (TPSA) is 104 Å². The molecule has 0 aliphatic rings. The van der Waals surface area contributed by atoms with E-state index >= 15 is 0 Å². The van der Waals surface area contributed by atoms with Crippen molar-refractivity contribution in [1.29, 1.82) is 0 Å². The number of hydrazine groups is 1. The van der Waals surface area contributed by atoms with E-state index < -0.39 is 16.8 Å². The number of hydrogen-bond donors (Lipinski definition) is 4. The summed E-state index contributed by atoms with van der Waals surface area (Å²) in [4.78, 5) is 11.7. The Hall–Kier alpha value is -1.41. The van der Waals surface area contributed by atoms with E-state index in [-0.39, 0.29) is 5.75 Å². The van der Waals surface area contributed by atoms with Crippen molar-refractivity contribution in [2.75, 3.05) is 17.9 Å². The van der Waals surface area contributed by atoms with E-state index in [9.17, 15) is 14.1 Å². The minimum atomic E-state index is -1.31. The van der Waals surface area contributed by atoms with E-state index in [1.807, 2.05) is 0 Å². The van der Waals surface area contributed by atoms with Gasteiger partial charge in [-0.15, -0.1) is 11.8 Å². The zero-order valence-corrected chi connectivity index (χ0v) is 10.9. The molecule has 0 aromatic heterocycles. The van der Waals surface area contributed by atoms with Crippen LogP contribution in [-0.2, 0) is 10.8 Å². The van der Waals surface area contributed by atoms with Gasteiger partial charge in [0.25, 0.3) is 0 Å². The van der Waals surface area contributed by atoms with E-state index in [1.54, 1.807) is 6.26 Å². The Labute approximate surface area is 105 Å². The average molecular weight is 275 g/mol. The van der Waals surface area contributed by atoms with Gasteiger partial charge in [-0.1, -0.05) is 0 Å². The van der Waals surface area contributed by atoms with Crippen molar-refractivity contribution >= 4 is 34.3 Å². The van der Waals surface area contributed by atoms with E-state index in [1.165, 1.54) is 30.2 Å². The molecule has 6 nitrogen and oxygen atoms in total. The van der Waals surface area contributed by atoms with E-state index in [4.69, 9.17) is 5.73 Å². The Morgan fingerprint density at radius 1 is 1.53 bits per heavy atom. The lowest BCUT2D eigenvalue weighted by molar-refractivity contribution is 0.250. The van der Waals surface area contributed by atoms with Gasteiger partial charge in [0.05, 0.1) is 21.4 Å². The second kappa shape index (κ2) is 5.78. The van der Waals surface area contributed by atoms with Crippen LogP contribution in [0.5, 0.6) is 5.75 Å². The lowest BCUT2D eigenvalue weighted by Gasteiger charge is -2.14. The summed E-state index contributed by atoms with van der Waals surface area (Å²) in [5.74, 6) is 0.0178. The fraction of sp³-hybridized carbons (Fsp3) is 0.222. The van der Waals surface area contributed by atoms with Gasteiger partial charge in [0.2, 0.25) is 0 Å². The Balaban J connectivity index is 3.21. The smallest absolute Gasteiger partial charge is 0.330 e. The SMILES string of the molecule is CSc1cc(O)cc([S@@](C)=O)c1NNC(N)=O. The maximum atomic E-state index is 11.5. The van der Waals surface area contributed by atoms with Crippen molar-refractivity contribution in [3.05, 3.63) is 12.1 Å². The van der Waals surface area contributed by atoms with Gasteiger partial charge in [-0.25, -0.2) is 4.79 Å². The van der Waals surface area contributed by atoms with Crippen LogP contribution in [0.25, 0.3) is 0 Å². The maximum absolute atomic E-state index is 11.5. The van der Waals surface area contributed by atoms with Crippen LogP contribution in [0.4, 0.5) is 10.5 Å². The van der Waals surface area contributed by atoms with E-state index in [0.29, 0.717) is 15.5 Å².